The molecule has 0 unspecified atom stereocenters. The summed E-state index contributed by atoms with van der Waals surface area (Å²) in [5.41, 5.74) is 5.20. The number of nitrogens with one attached hydrogen (secondary N) is 6. The number of primary amides is 1. The van der Waals surface area contributed by atoms with Gasteiger partial charge in [-0.1, -0.05) is 34.6 Å². The second-order valence-electron chi connectivity index (χ2n) is 14.1. The molecule has 0 bridgehead atoms. The number of aliphatic hydroxyl groups is 2. The predicted molar refractivity (Wildman–Crippen MR) is 191 cm³/mol. The Morgan fingerprint density at radius 3 is 1.72 bits per heavy atom. The van der Waals surface area contributed by atoms with E-state index in [0.717, 1.165) is 0 Å². The Hall–Kier alpha value is -4.36. The van der Waals surface area contributed by atoms with Gasteiger partial charge in [0.1, 0.15) is 42.3 Å². The van der Waals surface area contributed by atoms with Gasteiger partial charge < -0.3 is 57.5 Å². The highest BCUT2D eigenvalue weighted by Gasteiger charge is 2.42. The zero-order chi connectivity index (χ0) is 40.7. The van der Waals surface area contributed by atoms with Gasteiger partial charge in [-0.15, -0.1) is 0 Å². The van der Waals surface area contributed by atoms with E-state index in [4.69, 9.17) is 10.5 Å². The Bertz CT molecular complexity index is 1310. The molecule has 9 atom stereocenters. The number of rotatable bonds is 21. The molecule has 1 saturated heterocycles. The first-order chi connectivity index (χ1) is 24.6. The molecule has 19 nitrogen and oxygen atoms in total. The molecule has 10 N–H and O–H groups in total. The van der Waals surface area contributed by atoms with Crippen LogP contribution in [0.3, 0.4) is 0 Å². The van der Waals surface area contributed by atoms with Crippen molar-refractivity contribution in [2.24, 2.45) is 17.6 Å². The molecular weight excluding hydrogens is 696 g/mol. The molecule has 302 valence electrons. The molecule has 1 rings (SSSR count). The number of nitrogens with zero attached hydrogens (tertiary/aromatic N) is 1. The fourth-order valence-corrected chi connectivity index (χ4v) is 5.48. The summed E-state index contributed by atoms with van der Waals surface area (Å²) in [5.74, 6) is -6.83. The Balaban J connectivity index is 3.20. The van der Waals surface area contributed by atoms with Crippen molar-refractivity contribution in [2.45, 2.75) is 136 Å². The number of nitrogens with two attached hydrogens (primary N) is 1. The van der Waals surface area contributed by atoms with Crippen LogP contribution < -0.4 is 37.6 Å². The predicted octanol–water partition coefficient (Wildman–Crippen LogP) is -3.09. The first-order valence-corrected chi connectivity index (χ1v) is 18.0. The first-order valence-electron chi connectivity index (χ1n) is 18.0. The number of ether oxygens (including phenoxy) is 1. The van der Waals surface area contributed by atoms with Gasteiger partial charge in [-0.3, -0.25) is 38.4 Å². The molecule has 0 radical (unpaired) electrons. The van der Waals surface area contributed by atoms with Gasteiger partial charge in [0, 0.05) is 20.1 Å². The van der Waals surface area contributed by atoms with Gasteiger partial charge >= 0.3 is 0 Å². The number of likely N-dealkylation sites (tertiary alicyclic amines) is 1. The highest BCUT2D eigenvalue weighted by molar-refractivity contribution is 5.98. The van der Waals surface area contributed by atoms with Crippen LogP contribution in [-0.4, -0.2) is 137 Å². The van der Waals surface area contributed by atoms with Crippen molar-refractivity contribution in [2.75, 3.05) is 19.8 Å². The molecule has 1 heterocycles. The number of aliphatic hydroxyl groups excluding tert-OH is 2. The summed E-state index contributed by atoms with van der Waals surface area (Å²) >= 11 is 0. The van der Waals surface area contributed by atoms with Crippen molar-refractivity contribution < 1.29 is 53.3 Å². The molecule has 0 aromatic carbocycles. The van der Waals surface area contributed by atoms with Gasteiger partial charge in [0.2, 0.25) is 47.3 Å². The Morgan fingerprint density at radius 2 is 1.23 bits per heavy atom. The maximum absolute atomic E-state index is 13.7. The zero-order valence-corrected chi connectivity index (χ0v) is 32.2. The van der Waals surface area contributed by atoms with E-state index < -0.39 is 108 Å². The van der Waals surface area contributed by atoms with Crippen molar-refractivity contribution in [3.05, 3.63) is 0 Å². The maximum Gasteiger partial charge on any atom is 0.248 e. The fourth-order valence-electron chi connectivity index (χ4n) is 5.48. The van der Waals surface area contributed by atoms with Gasteiger partial charge in [0.05, 0.1) is 18.8 Å². The fraction of sp³-hybridized carbons (Fsp3) is 0.765. The molecule has 53 heavy (non-hydrogen) atoms. The lowest BCUT2D eigenvalue weighted by molar-refractivity contribution is -0.145. The van der Waals surface area contributed by atoms with Crippen LogP contribution in [0.4, 0.5) is 0 Å². The topological polar surface area (TPSA) is 288 Å². The quantitative estimate of drug-likeness (QED) is 0.0529. The summed E-state index contributed by atoms with van der Waals surface area (Å²) in [6, 6.07) is -8.72. The number of carbonyl (C=O) groups excluding carboxylic acids is 8. The molecule has 1 fully saturated rings. The van der Waals surface area contributed by atoms with Crippen LogP contribution in [0, 0.1) is 11.8 Å². The van der Waals surface area contributed by atoms with Gasteiger partial charge in [0.15, 0.2) is 0 Å². The molecule has 0 aliphatic carbocycles. The molecule has 8 amide bonds. The summed E-state index contributed by atoms with van der Waals surface area (Å²) in [6.45, 7) is 13.7. The zero-order valence-electron chi connectivity index (χ0n) is 32.2. The third kappa shape index (κ3) is 14.5. The van der Waals surface area contributed by atoms with Crippen molar-refractivity contribution >= 4 is 47.3 Å². The highest BCUT2D eigenvalue weighted by atomic mass is 16.5. The molecule has 0 aromatic rings. The molecule has 1 aliphatic heterocycles. The van der Waals surface area contributed by atoms with Crippen LogP contribution in [0.5, 0.6) is 0 Å². The summed E-state index contributed by atoms with van der Waals surface area (Å²) in [5, 5.41) is 35.6. The lowest BCUT2D eigenvalue weighted by Gasteiger charge is -2.32. The average Bonchev–Trinajstić information content (AvgIpc) is 3.56. The summed E-state index contributed by atoms with van der Waals surface area (Å²) in [6.07, 6.45) is -1.56. The molecule has 1 aliphatic rings. The van der Waals surface area contributed by atoms with Gasteiger partial charge in [-0.05, 0) is 51.9 Å². The highest BCUT2D eigenvalue weighted by Crippen LogP contribution is 2.20. The van der Waals surface area contributed by atoms with E-state index in [2.05, 4.69) is 31.9 Å². The van der Waals surface area contributed by atoms with Crippen LogP contribution in [0.2, 0.25) is 0 Å². The van der Waals surface area contributed by atoms with E-state index in [-0.39, 0.29) is 32.1 Å². The lowest BCUT2D eigenvalue weighted by atomic mass is 10.0. The Kier molecular flexibility index (Phi) is 19.4. The number of hydrogen-bond donors (Lipinski definition) is 9. The smallest absolute Gasteiger partial charge is 0.248 e. The first kappa shape index (κ1) is 46.7. The normalized spacial score (nSPS) is 18.7. The monoisotopic (exact) mass is 756 g/mol. The number of carbonyl (C=O) groups is 8. The molecular formula is C34H60N8O11. The Labute approximate surface area is 310 Å². The van der Waals surface area contributed by atoms with E-state index in [1.807, 2.05) is 6.92 Å². The van der Waals surface area contributed by atoms with Gasteiger partial charge in [-0.2, -0.15) is 0 Å². The van der Waals surface area contributed by atoms with Gasteiger partial charge in [-0.25, -0.2) is 0 Å². The van der Waals surface area contributed by atoms with E-state index in [1.54, 1.807) is 27.7 Å². The van der Waals surface area contributed by atoms with Crippen LogP contribution in [0.15, 0.2) is 0 Å². The largest absolute Gasteiger partial charge is 0.391 e. The minimum absolute atomic E-state index is 0.126. The average molecular weight is 757 g/mol. The molecule has 0 saturated carbocycles. The van der Waals surface area contributed by atoms with Crippen LogP contribution in [-0.2, 0) is 43.1 Å². The van der Waals surface area contributed by atoms with Crippen molar-refractivity contribution in [1.29, 1.82) is 0 Å². The van der Waals surface area contributed by atoms with E-state index in [1.165, 1.54) is 32.6 Å². The van der Waals surface area contributed by atoms with Crippen molar-refractivity contribution in [3.63, 3.8) is 0 Å². The van der Waals surface area contributed by atoms with Crippen LogP contribution >= 0.6 is 0 Å². The van der Waals surface area contributed by atoms with E-state index in [9.17, 15) is 48.6 Å². The third-order valence-corrected chi connectivity index (χ3v) is 8.55. The second-order valence-corrected chi connectivity index (χ2v) is 14.1. The minimum atomic E-state index is -1.53. The lowest BCUT2D eigenvalue weighted by Crippen LogP contribution is -2.62. The van der Waals surface area contributed by atoms with Crippen molar-refractivity contribution in [3.8, 4) is 0 Å². The number of amides is 8. The van der Waals surface area contributed by atoms with E-state index in [0.29, 0.717) is 12.8 Å². The summed E-state index contributed by atoms with van der Waals surface area (Å²) in [7, 11) is 0. The van der Waals surface area contributed by atoms with E-state index >= 15 is 0 Å². The van der Waals surface area contributed by atoms with Crippen LogP contribution in [0.25, 0.3) is 0 Å². The SMILES string of the molecule is CCCOC[C@H](NC(=O)[C@@H](NC(=O)[C@@H]1CCCN1C(=O)[C@@H](NC(=O)[C@@H](NC(C)=O)C(C)C)[C@@H](C)O)C(C)C)C(=O)N[C@H](C(=O)N[C@@H](C)C(N)=O)[C@@H](C)O. The summed E-state index contributed by atoms with van der Waals surface area (Å²) < 4.78 is 5.52. The summed E-state index contributed by atoms with van der Waals surface area (Å²) in [4.78, 5) is 105. The van der Waals surface area contributed by atoms with Gasteiger partial charge in [0.25, 0.3) is 0 Å². The molecule has 0 spiro atoms. The van der Waals surface area contributed by atoms with Crippen molar-refractivity contribution in [1.82, 2.24) is 36.8 Å². The number of hydrogen-bond acceptors (Lipinski definition) is 11. The standard InChI is InChI=1S/C34H60N8O11/c1-10-14-53-15-22(29(47)40-26(19(7)43)33(51)36-18(6)28(35)46)38-31(49)25(17(4)5)39-30(48)23-12-11-13-42(23)34(52)27(20(8)44)41-32(50)24(16(2)3)37-21(9)45/h16-20,22-27,43-44H,10-15H2,1-9H3,(H2,35,46)(H,36,51)(H,37,45)(H,38,49)(H,39,48)(H,40,47)(H,41,50)/t18-,19+,20+,22-,23-,24-,25-,26-,27-/m0/s1. The van der Waals surface area contributed by atoms with Crippen LogP contribution in [0.1, 0.15) is 81.6 Å². The Morgan fingerprint density at radius 1 is 0.717 bits per heavy atom. The maximum atomic E-state index is 13.7. The molecule has 0 aromatic heterocycles. The third-order valence-electron chi connectivity index (χ3n) is 8.55. The second kappa shape index (κ2) is 22.0. The minimum Gasteiger partial charge on any atom is -0.391 e. The molecule has 19 heteroatoms.